The van der Waals surface area contributed by atoms with Crippen LogP contribution in [0.25, 0.3) is 0 Å². The monoisotopic (exact) mass is 229 g/mol. The van der Waals surface area contributed by atoms with Gasteiger partial charge in [-0.15, -0.1) is 0 Å². The Balaban J connectivity index is 3.27. The van der Waals surface area contributed by atoms with Crippen LogP contribution in [0.1, 0.15) is 33.1 Å². The highest BCUT2D eigenvalue weighted by Gasteiger charge is 2.00. The Bertz CT molecular complexity index is 137. The maximum absolute atomic E-state index is 3.51. The van der Waals surface area contributed by atoms with E-state index in [0.717, 1.165) is 13.1 Å². The largest absolute Gasteiger partial charge is 0.315 e. The minimum absolute atomic E-state index is 1.13. The molecule has 0 aromatic carbocycles. The molecule has 0 fully saturated rings. The second kappa shape index (κ2) is 11.4. The third-order valence-electron chi connectivity index (χ3n) is 2.84. The van der Waals surface area contributed by atoms with Crippen molar-refractivity contribution in [2.75, 3.05) is 53.4 Å². The summed E-state index contributed by atoms with van der Waals surface area (Å²) >= 11 is 0. The SMILES string of the molecule is CCCCN(CC)CCNCCCN(C)C. The normalized spacial score (nSPS) is 11.6. The topological polar surface area (TPSA) is 18.5 Å². The van der Waals surface area contributed by atoms with Crippen LogP contribution in [0.15, 0.2) is 0 Å². The third kappa shape index (κ3) is 10.4. The van der Waals surface area contributed by atoms with Crippen LogP contribution in [-0.2, 0) is 0 Å². The number of unbranched alkanes of at least 4 members (excludes halogenated alkanes) is 1. The summed E-state index contributed by atoms with van der Waals surface area (Å²) in [4.78, 5) is 4.77. The average molecular weight is 229 g/mol. The molecule has 0 saturated heterocycles. The highest BCUT2D eigenvalue weighted by atomic mass is 15.1. The summed E-state index contributed by atoms with van der Waals surface area (Å²) in [6.07, 6.45) is 3.87. The molecule has 0 aliphatic carbocycles. The van der Waals surface area contributed by atoms with E-state index in [1.54, 1.807) is 0 Å². The van der Waals surface area contributed by atoms with Crippen LogP contribution in [-0.4, -0.2) is 63.2 Å². The molecular weight excluding hydrogens is 198 g/mol. The van der Waals surface area contributed by atoms with Gasteiger partial charge < -0.3 is 15.1 Å². The summed E-state index contributed by atoms with van der Waals surface area (Å²) in [6.45, 7) is 11.6. The molecule has 0 atom stereocenters. The van der Waals surface area contributed by atoms with Crippen LogP contribution in [0.2, 0.25) is 0 Å². The molecule has 0 aromatic rings. The van der Waals surface area contributed by atoms with Crippen LogP contribution in [0, 0.1) is 0 Å². The fourth-order valence-corrected chi connectivity index (χ4v) is 1.69. The Morgan fingerprint density at radius 2 is 1.62 bits per heavy atom. The molecule has 0 radical (unpaired) electrons. The number of hydrogen-bond donors (Lipinski definition) is 1. The van der Waals surface area contributed by atoms with E-state index in [-0.39, 0.29) is 0 Å². The fraction of sp³-hybridized carbons (Fsp3) is 1.00. The molecule has 0 bridgehead atoms. The Morgan fingerprint density at radius 3 is 2.19 bits per heavy atom. The van der Waals surface area contributed by atoms with Gasteiger partial charge in [0, 0.05) is 13.1 Å². The van der Waals surface area contributed by atoms with Gasteiger partial charge in [0.1, 0.15) is 0 Å². The van der Waals surface area contributed by atoms with Crippen molar-refractivity contribution in [3.8, 4) is 0 Å². The minimum Gasteiger partial charge on any atom is -0.315 e. The van der Waals surface area contributed by atoms with Crippen molar-refractivity contribution in [3.05, 3.63) is 0 Å². The van der Waals surface area contributed by atoms with E-state index in [4.69, 9.17) is 0 Å². The van der Waals surface area contributed by atoms with Crippen molar-refractivity contribution in [3.63, 3.8) is 0 Å². The Labute approximate surface area is 102 Å². The molecule has 0 aliphatic heterocycles. The van der Waals surface area contributed by atoms with E-state index in [1.165, 1.54) is 45.4 Å². The smallest absolute Gasteiger partial charge is 0.0107 e. The first-order chi connectivity index (χ1) is 7.70. The minimum atomic E-state index is 1.13. The second-order valence-electron chi connectivity index (χ2n) is 4.69. The molecule has 0 aromatic heterocycles. The molecule has 3 nitrogen and oxygen atoms in total. The van der Waals surface area contributed by atoms with Crippen molar-refractivity contribution < 1.29 is 0 Å². The van der Waals surface area contributed by atoms with Crippen LogP contribution in [0.5, 0.6) is 0 Å². The van der Waals surface area contributed by atoms with Crippen molar-refractivity contribution in [2.45, 2.75) is 33.1 Å². The van der Waals surface area contributed by atoms with E-state index < -0.39 is 0 Å². The zero-order valence-corrected chi connectivity index (χ0v) is 11.8. The molecule has 16 heavy (non-hydrogen) atoms. The summed E-state index contributed by atoms with van der Waals surface area (Å²) < 4.78 is 0. The molecular formula is C13H31N3. The molecule has 1 N–H and O–H groups in total. The number of nitrogens with zero attached hydrogens (tertiary/aromatic N) is 2. The highest BCUT2D eigenvalue weighted by Crippen LogP contribution is 1.93. The lowest BCUT2D eigenvalue weighted by molar-refractivity contribution is 0.281. The van der Waals surface area contributed by atoms with Gasteiger partial charge in [0.05, 0.1) is 0 Å². The molecule has 0 saturated carbocycles. The number of rotatable bonds is 11. The van der Waals surface area contributed by atoms with Gasteiger partial charge in [0.2, 0.25) is 0 Å². The quantitative estimate of drug-likeness (QED) is 0.544. The maximum atomic E-state index is 3.51. The van der Waals surface area contributed by atoms with E-state index in [9.17, 15) is 0 Å². The molecule has 0 aliphatic rings. The van der Waals surface area contributed by atoms with Gasteiger partial charge in [-0.2, -0.15) is 0 Å². The van der Waals surface area contributed by atoms with Gasteiger partial charge in [-0.3, -0.25) is 0 Å². The Morgan fingerprint density at radius 1 is 0.875 bits per heavy atom. The molecule has 0 heterocycles. The van der Waals surface area contributed by atoms with Gasteiger partial charge >= 0.3 is 0 Å². The predicted octanol–water partition coefficient (Wildman–Crippen LogP) is 1.65. The van der Waals surface area contributed by atoms with Gasteiger partial charge in [0.25, 0.3) is 0 Å². The fourth-order valence-electron chi connectivity index (χ4n) is 1.69. The number of nitrogens with one attached hydrogen (secondary N) is 1. The van der Waals surface area contributed by atoms with Crippen molar-refractivity contribution in [1.29, 1.82) is 0 Å². The van der Waals surface area contributed by atoms with E-state index in [1.807, 2.05) is 0 Å². The Hall–Kier alpha value is -0.120. The van der Waals surface area contributed by atoms with Gasteiger partial charge in [-0.1, -0.05) is 20.3 Å². The number of likely N-dealkylation sites (N-methyl/N-ethyl adjacent to an activating group) is 1. The summed E-state index contributed by atoms with van der Waals surface area (Å²) in [5.74, 6) is 0. The van der Waals surface area contributed by atoms with Gasteiger partial charge in [-0.25, -0.2) is 0 Å². The van der Waals surface area contributed by atoms with Gasteiger partial charge in [0.15, 0.2) is 0 Å². The zero-order chi connectivity index (χ0) is 12.2. The summed E-state index contributed by atoms with van der Waals surface area (Å²) in [5.41, 5.74) is 0. The molecule has 3 heteroatoms. The van der Waals surface area contributed by atoms with Crippen LogP contribution < -0.4 is 5.32 Å². The molecule has 98 valence electrons. The van der Waals surface area contributed by atoms with Crippen molar-refractivity contribution >= 4 is 0 Å². The average Bonchev–Trinajstić information content (AvgIpc) is 2.26. The first-order valence-corrected chi connectivity index (χ1v) is 6.78. The van der Waals surface area contributed by atoms with E-state index in [2.05, 4.69) is 43.1 Å². The molecule has 0 spiro atoms. The highest BCUT2D eigenvalue weighted by molar-refractivity contribution is 4.58. The van der Waals surface area contributed by atoms with Crippen LogP contribution >= 0.6 is 0 Å². The van der Waals surface area contributed by atoms with Crippen LogP contribution in [0.3, 0.4) is 0 Å². The third-order valence-corrected chi connectivity index (χ3v) is 2.84. The Kier molecular flexibility index (Phi) is 11.3. The lowest BCUT2D eigenvalue weighted by atomic mass is 10.3. The lowest BCUT2D eigenvalue weighted by Crippen LogP contribution is -2.33. The predicted molar refractivity (Wildman–Crippen MR) is 73.1 cm³/mol. The van der Waals surface area contributed by atoms with Crippen molar-refractivity contribution in [2.24, 2.45) is 0 Å². The first-order valence-electron chi connectivity index (χ1n) is 6.78. The van der Waals surface area contributed by atoms with Gasteiger partial charge in [-0.05, 0) is 53.1 Å². The summed E-state index contributed by atoms with van der Waals surface area (Å²) in [6, 6.07) is 0. The summed E-state index contributed by atoms with van der Waals surface area (Å²) in [7, 11) is 4.26. The zero-order valence-electron chi connectivity index (χ0n) is 11.8. The molecule has 0 amide bonds. The van der Waals surface area contributed by atoms with Crippen molar-refractivity contribution in [1.82, 2.24) is 15.1 Å². The van der Waals surface area contributed by atoms with Crippen LogP contribution in [0.4, 0.5) is 0 Å². The number of hydrogen-bond acceptors (Lipinski definition) is 3. The molecule has 0 rings (SSSR count). The summed E-state index contributed by atoms with van der Waals surface area (Å²) in [5, 5.41) is 3.51. The molecule has 0 unspecified atom stereocenters. The second-order valence-corrected chi connectivity index (χ2v) is 4.69. The first kappa shape index (κ1) is 15.9. The lowest BCUT2D eigenvalue weighted by Gasteiger charge is -2.20. The van der Waals surface area contributed by atoms with E-state index >= 15 is 0 Å². The maximum Gasteiger partial charge on any atom is 0.0107 e. The van der Waals surface area contributed by atoms with E-state index in [0.29, 0.717) is 0 Å². The standard InChI is InChI=1S/C13H31N3/c1-5-7-12-16(6-2)13-10-14-9-8-11-15(3)4/h14H,5-13H2,1-4H3.